The summed E-state index contributed by atoms with van der Waals surface area (Å²) in [6, 6.07) is 8.38. The van der Waals surface area contributed by atoms with Crippen LogP contribution < -0.4 is 10.1 Å². The highest BCUT2D eigenvalue weighted by atomic mass is 32.1. The number of carbonyl (C=O) groups excluding carboxylic acids is 1. The molecule has 1 aliphatic heterocycles. The summed E-state index contributed by atoms with van der Waals surface area (Å²) in [5, 5.41) is 5.18. The molecule has 3 rings (SSSR count). The van der Waals surface area contributed by atoms with Crippen LogP contribution in [-0.2, 0) is 6.61 Å². The molecule has 5 heteroatoms. The van der Waals surface area contributed by atoms with Gasteiger partial charge in [0.05, 0.1) is 4.88 Å². The molecule has 0 unspecified atom stereocenters. The fourth-order valence-corrected chi connectivity index (χ4v) is 3.96. The first-order valence-electron chi connectivity index (χ1n) is 8.79. The van der Waals surface area contributed by atoms with E-state index < -0.39 is 0 Å². The monoisotopic (exact) mass is 358 g/mol. The van der Waals surface area contributed by atoms with Crippen LogP contribution in [0, 0.1) is 13.8 Å². The number of aryl methyl sites for hydroxylation is 2. The van der Waals surface area contributed by atoms with E-state index >= 15 is 0 Å². The number of para-hydroxylation sites is 1. The van der Waals surface area contributed by atoms with Crippen LogP contribution in [0.4, 0.5) is 0 Å². The summed E-state index contributed by atoms with van der Waals surface area (Å²) in [4.78, 5) is 15.5. The minimum Gasteiger partial charge on any atom is -0.488 e. The second kappa shape index (κ2) is 8.02. The van der Waals surface area contributed by atoms with Crippen LogP contribution >= 0.6 is 11.3 Å². The van der Waals surface area contributed by atoms with Gasteiger partial charge in [0.2, 0.25) is 0 Å². The molecular weight excluding hydrogens is 332 g/mol. The number of nitrogens with zero attached hydrogens (tertiary/aromatic N) is 1. The first kappa shape index (κ1) is 18.0. The second-order valence-corrected chi connectivity index (χ2v) is 7.79. The molecule has 1 fully saturated rings. The maximum Gasteiger partial charge on any atom is 0.261 e. The molecule has 1 aromatic carbocycles. The Bertz CT molecular complexity index is 713. The van der Waals surface area contributed by atoms with Gasteiger partial charge in [-0.2, -0.15) is 0 Å². The summed E-state index contributed by atoms with van der Waals surface area (Å²) < 4.78 is 5.98. The topological polar surface area (TPSA) is 41.6 Å². The summed E-state index contributed by atoms with van der Waals surface area (Å²) in [5.74, 6) is 0.976. The quantitative estimate of drug-likeness (QED) is 0.885. The lowest BCUT2D eigenvalue weighted by atomic mass is 10.1. The number of hydrogen-bond acceptors (Lipinski definition) is 4. The standard InChI is InChI=1S/C20H26N2O2S/c1-14-5-4-6-15(2)19(14)24-12-16-11-18(25-13-16)20(23)21-17-7-9-22(3)10-8-17/h4-6,11,13,17H,7-10,12H2,1-3H3,(H,21,23). The molecule has 25 heavy (non-hydrogen) atoms. The van der Waals surface area contributed by atoms with E-state index in [0.29, 0.717) is 12.6 Å². The van der Waals surface area contributed by atoms with Crippen LogP contribution in [0.5, 0.6) is 5.75 Å². The Labute approximate surface area is 153 Å². The van der Waals surface area contributed by atoms with Gasteiger partial charge in [0.15, 0.2) is 0 Å². The Morgan fingerprint density at radius 1 is 1.28 bits per heavy atom. The van der Waals surface area contributed by atoms with Crippen LogP contribution in [0.25, 0.3) is 0 Å². The van der Waals surface area contributed by atoms with Gasteiger partial charge >= 0.3 is 0 Å². The molecule has 134 valence electrons. The van der Waals surface area contributed by atoms with Gasteiger partial charge in [-0.05, 0) is 69.4 Å². The zero-order valence-electron chi connectivity index (χ0n) is 15.2. The van der Waals surface area contributed by atoms with E-state index in [9.17, 15) is 4.79 Å². The number of benzene rings is 1. The van der Waals surface area contributed by atoms with E-state index in [1.807, 2.05) is 17.5 Å². The van der Waals surface area contributed by atoms with Crippen molar-refractivity contribution in [3.05, 3.63) is 51.2 Å². The molecule has 0 spiro atoms. The van der Waals surface area contributed by atoms with Gasteiger partial charge in [-0.15, -0.1) is 11.3 Å². The van der Waals surface area contributed by atoms with Crippen LogP contribution in [0.15, 0.2) is 29.6 Å². The molecule has 2 heterocycles. The van der Waals surface area contributed by atoms with E-state index in [1.54, 1.807) is 0 Å². The van der Waals surface area contributed by atoms with Gasteiger partial charge in [0.25, 0.3) is 5.91 Å². The number of ether oxygens (including phenoxy) is 1. The van der Waals surface area contributed by atoms with Crippen molar-refractivity contribution in [3.8, 4) is 5.75 Å². The molecule has 1 amide bonds. The fourth-order valence-electron chi connectivity index (χ4n) is 3.16. The maximum atomic E-state index is 12.4. The predicted molar refractivity (Wildman–Crippen MR) is 103 cm³/mol. The summed E-state index contributed by atoms with van der Waals surface area (Å²) in [7, 11) is 2.12. The molecule has 0 radical (unpaired) electrons. The van der Waals surface area contributed by atoms with Crippen LogP contribution in [-0.4, -0.2) is 37.0 Å². The summed E-state index contributed by atoms with van der Waals surface area (Å²) >= 11 is 1.49. The predicted octanol–water partition coefficient (Wildman–Crippen LogP) is 3.77. The van der Waals surface area contributed by atoms with Crippen LogP contribution in [0.3, 0.4) is 0 Å². The molecule has 2 aromatic rings. The van der Waals surface area contributed by atoms with E-state index in [1.165, 1.54) is 11.3 Å². The number of rotatable bonds is 5. The lowest BCUT2D eigenvalue weighted by molar-refractivity contribution is 0.0921. The molecule has 4 nitrogen and oxygen atoms in total. The summed E-state index contributed by atoms with van der Waals surface area (Å²) in [6.07, 6.45) is 2.05. The van der Waals surface area contributed by atoms with Crippen molar-refractivity contribution in [3.63, 3.8) is 0 Å². The van der Waals surface area contributed by atoms with Gasteiger partial charge in [-0.3, -0.25) is 4.79 Å². The lowest BCUT2D eigenvalue weighted by Crippen LogP contribution is -2.43. The molecule has 0 bridgehead atoms. The molecule has 0 atom stereocenters. The smallest absolute Gasteiger partial charge is 0.261 e. The van der Waals surface area contributed by atoms with E-state index in [-0.39, 0.29) is 5.91 Å². The average molecular weight is 359 g/mol. The number of piperidine rings is 1. The van der Waals surface area contributed by atoms with Crippen molar-refractivity contribution in [2.24, 2.45) is 0 Å². The van der Waals surface area contributed by atoms with Gasteiger partial charge in [0.1, 0.15) is 12.4 Å². The Morgan fingerprint density at radius 3 is 2.64 bits per heavy atom. The highest BCUT2D eigenvalue weighted by molar-refractivity contribution is 7.12. The molecule has 1 aromatic heterocycles. The van der Waals surface area contributed by atoms with Gasteiger partial charge < -0.3 is 15.0 Å². The number of carbonyl (C=O) groups is 1. The Kier molecular flexibility index (Phi) is 5.76. The van der Waals surface area contributed by atoms with Crippen LogP contribution in [0.2, 0.25) is 0 Å². The number of thiophene rings is 1. The Balaban J connectivity index is 1.56. The number of likely N-dealkylation sites (tertiary alicyclic amines) is 1. The molecule has 0 aliphatic carbocycles. The third-order valence-corrected chi connectivity index (χ3v) is 5.70. The third kappa shape index (κ3) is 4.61. The van der Waals surface area contributed by atoms with E-state index in [0.717, 1.165) is 53.2 Å². The van der Waals surface area contributed by atoms with Crippen molar-refractivity contribution in [2.45, 2.75) is 39.3 Å². The normalized spacial score (nSPS) is 16.0. The van der Waals surface area contributed by atoms with Gasteiger partial charge in [-0.25, -0.2) is 0 Å². The number of nitrogens with one attached hydrogen (secondary N) is 1. The highest BCUT2D eigenvalue weighted by Gasteiger charge is 2.20. The largest absolute Gasteiger partial charge is 0.488 e. The van der Waals surface area contributed by atoms with Crippen molar-refractivity contribution in [2.75, 3.05) is 20.1 Å². The maximum absolute atomic E-state index is 12.4. The van der Waals surface area contributed by atoms with Crippen molar-refractivity contribution in [1.29, 1.82) is 0 Å². The number of hydrogen-bond donors (Lipinski definition) is 1. The SMILES string of the molecule is Cc1cccc(C)c1OCc1csc(C(=O)NC2CCN(C)CC2)c1. The Hall–Kier alpha value is -1.85. The first-order chi connectivity index (χ1) is 12.0. The number of amides is 1. The molecule has 0 saturated carbocycles. The zero-order chi connectivity index (χ0) is 17.8. The fraction of sp³-hybridized carbons (Fsp3) is 0.450. The van der Waals surface area contributed by atoms with Crippen molar-refractivity contribution >= 4 is 17.2 Å². The van der Waals surface area contributed by atoms with Gasteiger partial charge in [0, 0.05) is 11.6 Å². The van der Waals surface area contributed by atoms with E-state index in [2.05, 4.69) is 43.2 Å². The summed E-state index contributed by atoms with van der Waals surface area (Å²) in [5.41, 5.74) is 3.31. The van der Waals surface area contributed by atoms with Crippen LogP contribution in [0.1, 0.15) is 39.2 Å². The highest BCUT2D eigenvalue weighted by Crippen LogP contribution is 2.24. The van der Waals surface area contributed by atoms with Gasteiger partial charge in [-0.1, -0.05) is 18.2 Å². The van der Waals surface area contributed by atoms with Crippen molar-refractivity contribution in [1.82, 2.24) is 10.2 Å². The molecule has 1 saturated heterocycles. The Morgan fingerprint density at radius 2 is 1.96 bits per heavy atom. The molecular formula is C20H26N2O2S. The lowest BCUT2D eigenvalue weighted by Gasteiger charge is -2.29. The molecule has 1 N–H and O–H groups in total. The molecule has 1 aliphatic rings. The minimum atomic E-state index is 0.0397. The first-order valence-corrected chi connectivity index (χ1v) is 9.66. The third-order valence-electron chi connectivity index (χ3n) is 4.72. The van der Waals surface area contributed by atoms with Crippen molar-refractivity contribution < 1.29 is 9.53 Å². The average Bonchev–Trinajstić information content (AvgIpc) is 3.06. The van der Waals surface area contributed by atoms with E-state index in [4.69, 9.17) is 4.74 Å². The zero-order valence-corrected chi connectivity index (χ0v) is 16.0. The summed E-state index contributed by atoms with van der Waals surface area (Å²) in [6.45, 7) is 6.69. The second-order valence-electron chi connectivity index (χ2n) is 6.88. The minimum absolute atomic E-state index is 0.0397.